The Morgan fingerprint density at radius 3 is 3.00 bits per heavy atom. The first-order valence-corrected chi connectivity index (χ1v) is 4.57. The van der Waals surface area contributed by atoms with Crippen LogP contribution in [0.15, 0.2) is 12.2 Å². The van der Waals surface area contributed by atoms with Gasteiger partial charge in [0.15, 0.2) is 0 Å². The van der Waals surface area contributed by atoms with Crippen molar-refractivity contribution >= 4 is 6.29 Å². The van der Waals surface area contributed by atoms with Crippen molar-refractivity contribution in [2.75, 3.05) is 13.6 Å². The minimum Gasteiger partial charge on any atom is -0.303 e. The van der Waals surface area contributed by atoms with E-state index in [1.807, 2.05) is 0 Å². The highest BCUT2D eigenvalue weighted by Crippen LogP contribution is 2.19. The largest absolute Gasteiger partial charge is 0.303 e. The molecular formula is C10H17NO. The minimum atomic E-state index is 0.552. The summed E-state index contributed by atoms with van der Waals surface area (Å²) in [6.45, 7) is 4.87. The van der Waals surface area contributed by atoms with Gasteiger partial charge in [0, 0.05) is 6.04 Å². The van der Waals surface area contributed by atoms with Crippen molar-refractivity contribution < 1.29 is 4.79 Å². The van der Waals surface area contributed by atoms with Gasteiger partial charge in [0.1, 0.15) is 6.29 Å². The highest BCUT2D eigenvalue weighted by molar-refractivity contribution is 5.72. The first-order chi connectivity index (χ1) is 5.74. The van der Waals surface area contributed by atoms with Gasteiger partial charge in [-0.15, -0.1) is 0 Å². The maximum atomic E-state index is 10.4. The van der Waals surface area contributed by atoms with Gasteiger partial charge in [0.2, 0.25) is 0 Å². The van der Waals surface area contributed by atoms with Gasteiger partial charge in [-0.3, -0.25) is 4.79 Å². The molecule has 2 nitrogen and oxygen atoms in total. The van der Waals surface area contributed by atoms with Crippen molar-refractivity contribution in [3.8, 4) is 0 Å². The number of hydrogen-bond acceptors (Lipinski definition) is 2. The number of piperidine rings is 1. The van der Waals surface area contributed by atoms with E-state index in [2.05, 4.69) is 18.5 Å². The molecule has 1 unspecified atom stereocenters. The molecule has 0 aromatic carbocycles. The van der Waals surface area contributed by atoms with E-state index in [9.17, 15) is 4.79 Å². The lowest BCUT2D eigenvalue weighted by molar-refractivity contribution is -0.105. The molecule has 1 rings (SSSR count). The number of nitrogens with zero attached hydrogens (tertiary/aromatic N) is 1. The van der Waals surface area contributed by atoms with Crippen LogP contribution in [0.2, 0.25) is 0 Å². The molecule has 0 aromatic heterocycles. The quantitative estimate of drug-likeness (QED) is 0.470. The number of hydrogen-bond donors (Lipinski definition) is 0. The van der Waals surface area contributed by atoms with Gasteiger partial charge in [-0.25, -0.2) is 0 Å². The van der Waals surface area contributed by atoms with Gasteiger partial charge in [-0.2, -0.15) is 0 Å². The van der Waals surface area contributed by atoms with Crippen molar-refractivity contribution in [2.24, 2.45) is 0 Å². The molecule has 0 amide bonds. The maximum Gasteiger partial charge on any atom is 0.145 e. The summed E-state index contributed by atoms with van der Waals surface area (Å²) in [5, 5.41) is 0. The van der Waals surface area contributed by atoms with Gasteiger partial charge in [-0.05, 0) is 38.4 Å². The van der Waals surface area contributed by atoms with Crippen molar-refractivity contribution in [1.29, 1.82) is 0 Å². The molecule has 12 heavy (non-hydrogen) atoms. The van der Waals surface area contributed by atoms with Crippen LogP contribution in [-0.2, 0) is 4.79 Å². The molecule has 2 heteroatoms. The van der Waals surface area contributed by atoms with E-state index in [1.54, 1.807) is 0 Å². The van der Waals surface area contributed by atoms with Crippen LogP contribution in [0.25, 0.3) is 0 Å². The Kier molecular flexibility index (Phi) is 3.48. The van der Waals surface area contributed by atoms with Crippen LogP contribution in [0.1, 0.15) is 25.7 Å². The van der Waals surface area contributed by atoms with Crippen molar-refractivity contribution in [3.05, 3.63) is 12.2 Å². The zero-order valence-electron chi connectivity index (χ0n) is 7.75. The van der Waals surface area contributed by atoms with E-state index < -0.39 is 0 Å². The lowest BCUT2D eigenvalue weighted by atomic mass is 9.97. The third kappa shape index (κ3) is 2.45. The summed E-state index contributed by atoms with van der Waals surface area (Å²) in [6.07, 6.45) is 5.52. The summed E-state index contributed by atoms with van der Waals surface area (Å²) in [7, 11) is 2.13. The molecule has 1 aliphatic heterocycles. The highest BCUT2D eigenvalue weighted by Gasteiger charge is 2.18. The van der Waals surface area contributed by atoms with E-state index in [4.69, 9.17) is 0 Å². The summed E-state index contributed by atoms with van der Waals surface area (Å²) in [5.74, 6) is 0. The third-order valence-corrected chi connectivity index (χ3v) is 2.59. The minimum absolute atomic E-state index is 0.552. The molecule has 1 atom stereocenters. The normalized spacial score (nSPS) is 25.2. The summed E-state index contributed by atoms with van der Waals surface area (Å²) >= 11 is 0. The van der Waals surface area contributed by atoms with E-state index in [0.29, 0.717) is 6.04 Å². The molecule has 68 valence electrons. The first-order valence-electron chi connectivity index (χ1n) is 4.57. The molecule has 0 N–H and O–H groups in total. The molecule has 0 aliphatic carbocycles. The summed E-state index contributed by atoms with van der Waals surface area (Å²) in [6, 6.07) is 0.552. The fourth-order valence-electron chi connectivity index (χ4n) is 1.75. The Hall–Kier alpha value is -0.630. The number of likely N-dealkylation sites (tertiary alicyclic amines) is 1. The third-order valence-electron chi connectivity index (χ3n) is 2.59. The molecule has 0 spiro atoms. The molecule has 0 saturated carbocycles. The number of rotatable bonds is 3. The molecule has 0 aromatic rings. The SMILES string of the molecule is C=C(C=O)CC1CCCCN1C. The van der Waals surface area contributed by atoms with Gasteiger partial charge < -0.3 is 4.90 Å². The van der Waals surface area contributed by atoms with Gasteiger partial charge in [0.25, 0.3) is 0 Å². The first kappa shape index (κ1) is 9.46. The van der Waals surface area contributed by atoms with E-state index >= 15 is 0 Å². The van der Waals surface area contributed by atoms with Crippen LogP contribution in [0, 0.1) is 0 Å². The van der Waals surface area contributed by atoms with Crippen molar-refractivity contribution in [3.63, 3.8) is 0 Å². The smallest absolute Gasteiger partial charge is 0.145 e. The Balaban J connectivity index is 2.38. The molecule has 1 fully saturated rings. The zero-order valence-corrected chi connectivity index (χ0v) is 7.75. The summed E-state index contributed by atoms with van der Waals surface area (Å²) < 4.78 is 0. The van der Waals surface area contributed by atoms with Crippen molar-refractivity contribution in [1.82, 2.24) is 4.90 Å². The van der Waals surface area contributed by atoms with Gasteiger partial charge in [-0.1, -0.05) is 13.0 Å². The highest BCUT2D eigenvalue weighted by atomic mass is 16.1. The predicted octanol–water partition coefficient (Wildman–Crippen LogP) is 1.62. The molecular weight excluding hydrogens is 150 g/mol. The van der Waals surface area contributed by atoms with Crippen molar-refractivity contribution in [2.45, 2.75) is 31.7 Å². The van der Waals surface area contributed by atoms with E-state index in [1.165, 1.54) is 19.3 Å². The Bertz CT molecular complexity index is 177. The van der Waals surface area contributed by atoms with Gasteiger partial charge >= 0.3 is 0 Å². The topological polar surface area (TPSA) is 20.3 Å². The maximum absolute atomic E-state index is 10.4. The zero-order chi connectivity index (χ0) is 8.97. The number of carbonyl (C=O) groups excluding carboxylic acids is 1. The Labute approximate surface area is 74.2 Å². The second-order valence-electron chi connectivity index (χ2n) is 3.61. The number of carbonyl (C=O) groups is 1. The molecule has 0 bridgehead atoms. The fourth-order valence-corrected chi connectivity index (χ4v) is 1.75. The summed E-state index contributed by atoms with van der Waals surface area (Å²) in [4.78, 5) is 12.7. The average molecular weight is 167 g/mol. The lowest BCUT2D eigenvalue weighted by Crippen LogP contribution is -2.36. The van der Waals surface area contributed by atoms with Crippen LogP contribution in [-0.4, -0.2) is 30.8 Å². The summed E-state index contributed by atoms with van der Waals surface area (Å²) in [5.41, 5.74) is 0.730. The Morgan fingerprint density at radius 2 is 2.42 bits per heavy atom. The van der Waals surface area contributed by atoms with Crippen LogP contribution < -0.4 is 0 Å². The lowest BCUT2D eigenvalue weighted by Gasteiger charge is -2.32. The standard InChI is InChI=1S/C10H17NO/c1-9(8-12)7-10-5-3-4-6-11(10)2/h8,10H,1,3-7H2,2H3. The van der Waals surface area contributed by atoms with Crippen LogP contribution in [0.3, 0.4) is 0 Å². The monoisotopic (exact) mass is 167 g/mol. The second-order valence-corrected chi connectivity index (χ2v) is 3.61. The average Bonchev–Trinajstić information content (AvgIpc) is 2.09. The predicted molar refractivity (Wildman–Crippen MR) is 50.1 cm³/mol. The number of aldehydes is 1. The van der Waals surface area contributed by atoms with Crippen LogP contribution in [0.4, 0.5) is 0 Å². The van der Waals surface area contributed by atoms with Crippen LogP contribution >= 0.6 is 0 Å². The van der Waals surface area contributed by atoms with E-state index in [-0.39, 0.29) is 0 Å². The second kappa shape index (κ2) is 4.41. The molecule has 1 heterocycles. The Morgan fingerprint density at radius 1 is 1.67 bits per heavy atom. The van der Waals surface area contributed by atoms with Crippen LogP contribution in [0.5, 0.6) is 0 Å². The molecule has 0 radical (unpaired) electrons. The molecule has 1 saturated heterocycles. The van der Waals surface area contributed by atoms with Gasteiger partial charge in [0.05, 0.1) is 0 Å². The fraction of sp³-hybridized carbons (Fsp3) is 0.700. The van der Waals surface area contributed by atoms with E-state index in [0.717, 1.165) is 24.8 Å². The molecule has 1 aliphatic rings.